The minimum absolute atomic E-state index is 0. The molecule has 1 N–H and O–H groups in total. The monoisotopic (exact) mass is 851 g/mol. The maximum Gasteiger partial charge on any atom is 1.00 e. The largest absolute Gasteiger partial charge is 1.00 e. The summed E-state index contributed by atoms with van der Waals surface area (Å²) >= 11 is 0. The number of nitrogens with one attached hydrogen (secondary N) is 1. The predicted octanol–water partition coefficient (Wildman–Crippen LogP) is 6.52. The van der Waals surface area contributed by atoms with Gasteiger partial charge in [0.15, 0.2) is 12.3 Å². The van der Waals surface area contributed by atoms with E-state index in [4.69, 9.17) is 0 Å². The molecule has 0 unspecified atom stereocenters. The van der Waals surface area contributed by atoms with E-state index < -0.39 is 20.2 Å². The Morgan fingerprint density at radius 3 is 1.85 bits per heavy atom. The van der Waals surface area contributed by atoms with Crippen LogP contribution in [0.25, 0.3) is 5.57 Å². The summed E-state index contributed by atoms with van der Waals surface area (Å²) in [6.45, 7) is 12.6. The zero-order chi connectivity index (χ0) is 42.3. The van der Waals surface area contributed by atoms with Gasteiger partial charge in [0.1, 0.15) is 26.8 Å². The maximum atomic E-state index is 11.7. The molecule has 0 atom stereocenters. The van der Waals surface area contributed by atoms with E-state index in [0.717, 1.165) is 80.2 Å². The predicted molar refractivity (Wildman–Crippen MR) is 235 cm³/mol. The van der Waals surface area contributed by atoms with Gasteiger partial charge < -0.3 is 19.3 Å². The molecular weight excluding hydrogens is 802 g/mol. The Labute approximate surface area is 377 Å². The smallest absolute Gasteiger partial charge is 0.744 e. The van der Waals surface area contributed by atoms with E-state index >= 15 is 0 Å². The normalized spacial score (nSPS) is 14.6. The summed E-state index contributed by atoms with van der Waals surface area (Å²) in [5.41, 5.74) is 13.0. The van der Waals surface area contributed by atoms with Crippen molar-refractivity contribution >= 4 is 48.6 Å². The number of anilines is 3. The van der Waals surface area contributed by atoms with Gasteiger partial charge in [0.2, 0.25) is 0 Å². The van der Waals surface area contributed by atoms with Gasteiger partial charge in [-0.2, -0.15) is 0 Å². The van der Waals surface area contributed by atoms with Gasteiger partial charge in [-0.3, -0.25) is 0 Å². The third-order valence-corrected chi connectivity index (χ3v) is 12.2. The molecule has 306 valence electrons. The van der Waals surface area contributed by atoms with E-state index in [1.165, 1.54) is 29.8 Å². The van der Waals surface area contributed by atoms with Crippen molar-refractivity contribution < 1.29 is 60.1 Å². The van der Waals surface area contributed by atoms with Crippen molar-refractivity contribution in [2.75, 3.05) is 23.3 Å². The van der Waals surface area contributed by atoms with Crippen LogP contribution in [0, 0.1) is 6.92 Å². The topological polar surface area (TPSA) is 133 Å². The van der Waals surface area contributed by atoms with E-state index in [2.05, 4.69) is 121 Å². The first kappa shape index (κ1) is 46.5. The molecular formula is C48H50N3NaO6S2. The van der Waals surface area contributed by atoms with E-state index in [0.29, 0.717) is 26.2 Å². The first-order valence-electron chi connectivity index (χ1n) is 19.8. The van der Waals surface area contributed by atoms with E-state index in [9.17, 15) is 25.9 Å². The van der Waals surface area contributed by atoms with Crippen LogP contribution < -0.4 is 39.8 Å². The molecule has 0 amide bonds. The molecule has 9 nitrogen and oxygen atoms in total. The van der Waals surface area contributed by atoms with Gasteiger partial charge in [0, 0.05) is 47.9 Å². The average molecular weight is 852 g/mol. The number of rotatable bonds is 15. The minimum atomic E-state index is -4.57. The summed E-state index contributed by atoms with van der Waals surface area (Å²) in [6.07, 6.45) is 8.51. The fourth-order valence-corrected chi connectivity index (χ4v) is 8.53. The Kier molecular flexibility index (Phi) is 15.7. The van der Waals surface area contributed by atoms with Crippen LogP contribution in [0.5, 0.6) is 0 Å². The summed E-state index contributed by atoms with van der Waals surface area (Å²) < 4.78 is 72.5. The molecule has 1 aliphatic rings. The van der Waals surface area contributed by atoms with E-state index in [-0.39, 0.29) is 39.3 Å². The van der Waals surface area contributed by atoms with Crippen LogP contribution in [-0.2, 0) is 39.7 Å². The minimum Gasteiger partial charge on any atom is -0.744 e. The van der Waals surface area contributed by atoms with Crippen molar-refractivity contribution in [3.8, 4) is 0 Å². The number of hydrogen-bond donors (Lipinski definition) is 1. The second-order valence-corrected chi connectivity index (χ2v) is 17.5. The number of allylic oxidation sites excluding steroid dienone is 5. The molecule has 0 saturated heterocycles. The van der Waals surface area contributed by atoms with Gasteiger partial charge in [0.25, 0.3) is 0 Å². The van der Waals surface area contributed by atoms with Gasteiger partial charge in [-0.15, -0.1) is 0 Å². The van der Waals surface area contributed by atoms with Crippen LogP contribution in [0.2, 0.25) is 0 Å². The van der Waals surface area contributed by atoms with Crippen molar-refractivity contribution in [1.29, 1.82) is 0 Å². The second-order valence-electron chi connectivity index (χ2n) is 14.8. The molecule has 6 rings (SSSR count). The van der Waals surface area contributed by atoms with Crippen LogP contribution in [-0.4, -0.2) is 49.3 Å². The molecule has 0 radical (unpaired) electrons. The number of benzene rings is 5. The summed E-state index contributed by atoms with van der Waals surface area (Å²) in [5, 5.41) is 3.54. The Morgan fingerprint density at radius 2 is 1.30 bits per heavy atom. The van der Waals surface area contributed by atoms with Crippen molar-refractivity contribution in [3.63, 3.8) is 0 Å². The van der Waals surface area contributed by atoms with Crippen LogP contribution in [0.1, 0.15) is 67.5 Å². The number of nitrogens with zero attached hydrogens (tertiary/aromatic N) is 2. The zero-order valence-electron chi connectivity index (χ0n) is 35.1. The van der Waals surface area contributed by atoms with Gasteiger partial charge in [-0.25, -0.2) is 21.4 Å². The number of aryl methyl sites for hydroxylation is 2. The molecule has 5 aromatic carbocycles. The van der Waals surface area contributed by atoms with E-state index in [1.807, 2.05) is 26.0 Å². The van der Waals surface area contributed by atoms with Crippen LogP contribution in [0.4, 0.5) is 17.1 Å². The van der Waals surface area contributed by atoms with Crippen molar-refractivity contribution in [1.82, 2.24) is 0 Å². The molecule has 60 heavy (non-hydrogen) atoms. The maximum absolute atomic E-state index is 11.7. The van der Waals surface area contributed by atoms with Gasteiger partial charge in [-0.1, -0.05) is 67.9 Å². The fourth-order valence-electron chi connectivity index (χ4n) is 7.45. The zero-order valence-corrected chi connectivity index (χ0v) is 38.7. The summed E-state index contributed by atoms with van der Waals surface area (Å²) in [4.78, 5) is 1.66. The van der Waals surface area contributed by atoms with Gasteiger partial charge >= 0.3 is 29.6 Å². The van der Waals surface area contributed by atoms with Gasteiger partial charge in [0.05, 0.1) is 9.79 Å². The molecule has 5 aromatic rings. The third-order valence-electron chi connectivity index (χ3n) is 10.5. The molecule has 0 bridgehead atoms. The van der Waals surface area contributed by atoms with Crippen molar-refractivity contribution in [2.45, 2.75) is 70.3 Å². The Bertz CT molecular complexity index is 2690. The van der Waals surface area contributed by atoms with E-state index in [1.54, 1.807) is 12.1 Å². The molecule has 0 fully saturated rings. The molecule has 0 aromatic heterocycles. The second kappa shape index (κ2) is 20.3. The third kappa shape index (κ3) is 11.6. The standard InChI is InChI=1S/C48H51N3O6S2.Na/c1-6-11-36-16-20-40(21-17-36)49-41-22-18-39(19-23-41)48(46-26-24-42(28-34(46)4)50(7-2)32-37-12-9-14-44(30-37)58(52,53)54)47-27-25-43(29-35(47)5)51(8-3)33-38-13-10-15-45(31-38)59(55,56)57;/h9-10,12-31H,6-8,11,32-33H2,1-5H3,(H2,52,53,54,55,56,57);/q;+1/p-1. The summed E-state index contributed by atoms with van der Waals surface area (Å²) in [7, 11) is -9.14. The van der Waals surface area contributed by atoms with Crippen LogP contribution >= 0.6 is 0 Å². The van der Waals surface area contributed by atoms with Crippen molar-refractivity contribution in [3.05, 3.63) is 178 Å². The Balaban J connectivity index is 0.00000683. The van der Waals surface area contributed by atoms with Crippen LogP contribution in [0.15, 0.2) is 154 Å². The molecule has 1 aliphatic carbocycles. The Morgan fingerprint density at radius 1 is 0.700 bits per heavy atom. The molecule has 0 spiro atoms. The first-order valence-corrected chi connectivity index (χ1v) is 22.6. The molecule has 12 heteroatoms. The summed E-state index contributed by atoms with van der Waals surface area (Å²) in [5.74, 6) is 0. The summed E-state index contributed by atoms with van der Waals surface area (Å²) in [6, 6.07) is 35.7. The fraction of sp³-hybridized carbons (Fsp3) is 0.229. The first-order chi connectivity index (χ1) is 28.2. The quantitative estimate of drug-likeness (QED) is 0.0716. The SMILES string of the molecule is CCCc1ccc(Nc2ccc(/C(=C3/C=CC(=[N+](CC)Cc4cccc(S(=O)(=O)[O-])c4)C=C3C)c3ccc(N(CC)Cc4cccc(S(=O)(=O)[O-])c4)cc3C)cc2)cc1.[Na+]. The molecule has 0 heterocycles. The number of hydrogen-bond acceptors (Lipinski definition) is 8. The molecule has 0 saturated carbocycles. The van der Waals surface area contributed by atoms with Crippen LogP contribution in [0.3, 0.4) is 0 Å². The average Bonchev–Trinajstić information content (AvgIpc) is 3.21. The Hall–Kier alpha value is -4.59. The van der Waals surface area contributed by atoms with Gasteiger partial charge in [-0.05, 0) is 145 Å². The van der Waals surface area contributed by atoms with Crippen molar-refractivity contribution in [2.24, 2.45) is 0 Å². The molecule has 0 aliphatic heterocycles.